The lowest BCUT2D eigenvalue weighted by molar-refractivity contribution is 1.01. The van der Waals surface area contributed by atoms with E-state index in [0.717, 1.165) is 37.2 Å². The third-order valence-corrected chi connectivity index (χ3v) is 6.21. The summed E-state index contributed by atoms with van der Waals surface area (Å²) >= 11 is 3.03. The molecule has 5 aromatic rings. The third-order valence-electron chi connectivity index (χ3n) is 4.29. The van der Waals surface area contributed by atoms with Gasteiger partial charge >= 0.3 is 0 Å². The topological polar surface area (TPSA) is 59.8 Å². The number of fused-ring (bicyclic) bond motifs is 4. The Bertz CT molecular complexity index is 1320. The molecule has 0 aliphatic heterocycles. The van der Waals surface area contributed by atoms with Crippen molar-refractivity contribution in [1.82, 2.24) is 14.5 Å². The molecule has 4 heterocycles. The zero-order valence-corrected chi connectivity index (χ0v) is 14.8. The van der Waals surface area contributed by atoms with Crippen LogP contribution in [0.3, 0.4) is 0 Å². The predicted octanol–water partition coefficient (Wildman–Crippen LogP) is 4.25. The normalized spacial score (nSPS) is 11.6. The second kappa shape index (κ2) is 5.37. The molecule has 0 bridgehead atoms. The minimum absolute atomic E-state index is 0.0304. The number of nitrogens with one attached hydrogen (secondary N) is 1. The van der Waals surface area contributed by atoms with E-state index in [2.05, 4.69) is 15.3 Å². The van der Waals surface area contributed by atoms with E-state index in [1.807, 2.05) is 49.1 Å². The molecule has 5 rings (SSSR count). The van der Waals surface area contributed by atoms with Crippen LogP contribution < -0.4 is 10.9 Å². The molecule has 0 aliphatic carbocycles. The van der Waals surface area contributed by atoms with Crippen LogP contribution in [0.2, 0.25) is 0 Å². The van der Waals surface area contributed by atoms with Crippen LogP contribution in [0.5, 0.6) is 0 Å². The molecule has 0 aliphatic rings. The Labute approximate surface area is 150 Å². The number of hydrogen-bond donors (Lipinski definition) is 1. The van der Waals surface area contributed by atoms with Gasteiger partial charge < -0.3 is 5.32 Å². The molecule has 4 aromatic heterocycles. The molecule has 1 aromatic carbocycles. The van der Waals surface area contributed by atoms with Gasteiger partial charge in [-0.25, -0.2) is 9.97 Å². The summed E-state index contributed by atoms with van der Waals surface area (Å²) in [5.74, 6) is 0. The first-order valence-electron chi connectivity index (χ1n) is 7.70. The molecule has 1 N–H and O–H groups in total. The Morgan fingerprint density at radius 1 is 1.16 bits per heavy atom. The van der Waals surface area contributed by atoms with Gasteiger partial charge in [0, 0.05) is 35.9 Å². The van der Waals surface area contributed by atoms with Gasteiger partial charge in [0.2, 0.25) is 0 Å². The van der Waals surface area contributed by atoms with E-state index in [9.17, 15) is 4.79 Å². The fourth-order valence-corrected chi connectivity index (χ4v) is 4.85. The van der Waals surface area contributed by atoms with Gasteiger partial charge in [0.05, 0.1) is 21.4 Å². The van der Waals surface area contributed by atoms with E-state index in [1.54, 1.807) is 22.1 Å². The van der Waals surface area contributed by atoms with Gasteiger partial charge in [-0.3, -0.25) is 9.36 Å². The van der Waals surface area contributed by atoms with Crippen LogP contribution in [0.15, 0.2) is 53.0 Å². The number of benzene rings is 1. The SMILES string of the molecule is CNc1ccnc2sc3c(=O)n(-c4ccc5scnc5c4)ccc3c12. The van der Waals surface area contributed by atoms with Gasteiger partial charge in [-0.05, 0) is 30.3 Å². The number of nitrogens with zero attached hydrogens (tertiary/aromatic N) is 3. The summed E-state index contributed by atoms with van der Waals surface area (Å²) in [5.41, 5.74) is 4.50. The second-order valence-electron chi connectivity index (χ2n) is 5.63. The van der Waals surface area contributed by atoms with Crippen molar-refractivity contribution in [2.45, 2.75) is 0 Å². The Kier molecular flexibility index (Phi) is 3.13. The van der Waals surface area contributed by atoms with Crippen molar-refractivity contribution < 1.29 is 0 Å². The van der Waals surface area contributed by atoms with Crippen molar-refractivity contribution >= 4 is 58.9 Å². The Balaban J connectivity index is 1.82. The van der Waals surface area contributed by atoms with Crippen molar-refractivity contribution in [2.24, 2.45) is 0 Å². The summed E-state index contributed by atoms with van der Waals surface area (Å²) in [5, 5.41) is 5.12. The highest BCUT2D eigenvalue weighted by Crippen LogP contribution is 2.35. The maximum Gasteiger partial charge on any atom is 0.273 e. The highest BCUT2D eigenvalue weighted by Gasteiger charge is 2.14. The van der Waals surface area contributed by atoms with Gasteiger partial charge in [0.15, 0.2) is 0 Å². The molecule has 0 amide bonds. The van der Waals surface area contributed by atoms with Gasteiger partial charge in [-0.1, -0.05) is 0 Å². The summed E-state index contributed by atoms with van der Waals surface area (Å²) in [6.45, 7) is 0. The van der Waals surface area contributed by atoms with Crippen molar-refractivity contribution in [3.63, 3.8) is 0 Å². The van der Waals surface area contributed by atoms with Crippen molar-refractivity contribution in [3.8, 4) is 5.69 Å². The summed E-state index contributed by atoms with van der Waals surface area (Å²) in [7, 11) is 1.88. The number of rotatable bonds is 2. The van der Waals surface area contributed by atoms with E-state index < -0.39 is 0 Å². The van der Waals surface area contributed by atoms with Crippen LogP contribution in [0.4, 0.5) is 5.69 Å². The molecular weight excluding hydrogens is 352 g/mol. The number of aromatic nitrogens is 3. The van der Waals surface area contributed by atoms with E-state index in [-0.39, 0.29) is 5.56 Å². The molecular formula is C18H12N4OS2. The fourth-order valence-electron chi connectivity index (χ4n) is 3.10. The number of anilines is 1. The van der Waals surface area contributed by atoms with Crippen LogP contribution in [0, 0.1) is 0 Å². The van der Waals surface area contributed by atoms with E-state index in [4.69, 9.17) is 0 Å². The third kappa shape index (κ3) is 2.09. The van der Waals surface area contributed by atoms with Crippen LogP contribution in [0.1, 0.15) is 0 Å². The number of thiazole rings is 1. The zero-order valence-electron chi connectivity index (χ0n) is 13.2. The van der Waals surface area contributed by atoms with E-state index >= 15 is 0 Å². The Morgan fingerprint density at radius 2 is 2.08 bits per heavy atom. The van der Waals surface area contributed by atoms with Gasteiger partial charge in [-0.2, -0.15) is 0 Å². The van der Waals surface area contributed by atoms with Gasteiger partial charge in [-0.15, -0.1) is 22.7 Å². The van der Waals surface area contributed by atoms with E-state index in [0.29, 0.717) is 4.70 Å². The monoisotopic (exact) mass is 364 g/mol. The molecule has 0 saturated carbocycles. The fraction of sp³-hybridized carbons (Fsp3) is 0.0556. The number of thiophene rings is 1. The standard InChI is InChI=1S/C18H12N4OS2/c1-19-12-4-6-20-17-15(12)11-5-7-22(18(23)16(11)25-17)10-2-3-14-13(8-10)21-9-24-14/h2-9H,1H3,(H,19,20). The first-order valence-corrected chi connectivity index (χ1v) is 9.40. The molecule has 5 nitrogen and oxygen atoms in total. The molecule has 25 heavy (non-hydrogen) atoms. The molecule has 0 atom stereocenters. The Hall–Kier alpha value is -2.77. The summed E-state index contributed by atoms with van der Waals surface area (Å²) in [4.78, 5) is 22.7. The summed E-state index contributed by atoms with van der Waals surface area (Å²) in [6.07, 6.45) is 3.59. The molecule has 0 radical (unpaired) electrons. The lowest BCUT2D eigenvalue weighted by Crippen LogP contribution is -2.16. The molecule has 0 spiro atoms. The largest absolute Gasteiger partial charge is 0.387 e. The van der Waals surface area contributed by atoms with E-state index in [1.165, 1.54) is 11.3 Å². The summed E-state index contributed by atoms with van der Waals surface area (Å²) < 4.78 is 3.50. The first-order chi connectivity index (χ1) is 12.3. The van der Waals surface area contributed by atoms with Crippen LogP contribution >= 0.6 is 22.7 Å². The lowest BCUT2D eigenvalue weighted by atomic mass is 10.2. The van der Waals surface area contributed by atoms with Crippen molar-refractivity contribution in [1.29, 1.82) is 0 Å². The summed E-state index contributed by atoms with van der Waals surface area (Å²) in [6, 6.07) is 9.83. The van der Waals surface area contributed by atoms with Gasteiger partial charge in [0.1, 0.15) is 9.53 Å². The smallest absolute Gasteiger partial charge is 0.273 e. The molecule has 0 saturated heterocycles. The Morgan fingerprint density at radius 3 is 2.96 bits per heavy atom. The molecule has 7 heteroatoms. The van der Waals surface area contributed by atoms with Gasteiger partial charge in [0.25, 0.3) is 5.56 Å². The number of pyridine rings is 2. The number of hydrogen-bond acceptors (Lipinski definition) is 6. The van der Waals surface area contributed by atoms with Crippen LogP contribution in [-0.2, 0) is 0 Å². The minimum Gasteiger partial charge on any atom is -0.387 e. The van der Waals surface area contributed by atoms with Crippen LogP contribution in [0.25, 0.3) is 36.2 Å². The van der Waals surface area contributed by atoms with Crippen LogP contribution in [-0.4, -0.2) is 21.6 Å². The maximum atomic E-state index is 13.1. The highest BCUT2D eigenvalue weighted by atomic mass is 32.1. The van der Waals surface area contributed by atoms with Crippen molar-refractivity contribution in [2.75, 3.05) is 12.4 Å². The van der Waals surface area contributed by atoms with Crippen molar-refractivity contribution in [3.05, 3.63) is 58.6 Å². The average Bonchev–Trinajstić information content (AvgIpc) is 3.25. The lowest BCUT2D eigenvalue weighted by Gasteiger charge is -2.06. The minimum atomic E-state index is -0.0304. The molecule has 122 valence electrons. The second-order valence-corrected chi connectivity index (χ2v) is 7.51. The average molecular weight is 364 g/mol. The molecule has 0 unspecified atom stereocenters. The predicted molar refractivity (Wildman–Crippen MR) is 105 cm³/mol. The quantitative estimate of drug-likeness (QED) is 0.509. The zero-order chi connectivity index (χ0) is 17.0. The highest BCUT2D eigenvalue weighted by molar-refractivity contribution is 7.25. The maximum absolute atomic E-state index is 13.1. The molecule has 0 fully saturated rings. The first kappa shape index (κ1) is 14.6.